The fourth-order valence-electron chi connectivity index (χ4n) is 4.74. The molecule has 0 radical (unpaired) electrons. The lowest BCUT2D eigenvalue weighted by molar-refractivity contribution is 0.136. The summed E-state index contributed by atoms with van der Waals surface area (Å²) in [5.41, 5.74) is 4.85. The SMILES string of the molecule is CCC(C)=C(/C=C(/C)C(C)CC)C1CCN(CCN2CCCC(C)C2)CC1. The van der Waals surface area contributed by atoms with Gasteiger partial charge in [0, 0.05) is 19.6 Å². The number of rotatable bonds is 8. The highest BCUT2D eigenvalue weighted by Gasteiger charge is 2.24. The summed E-state index contributed by atoms with van der Waals surface area (Å²) in [6, 6.07) is 0. The molecule has 2 nitrogen and oxygen atoms in total. The van der Waals surface area contributed by atoms with Gasteiger partial charge in [0.15, 0.2) is 0 Å². The maximum absolute atomic E-state index is 2.72. The van der Waals surface area contributed by atoms with Gasteiger partial charge in [0.2, 0.25) is 0 Å². The highest BCUT2D eigenvalue weighted by Crippen LogP contribution is 2.31. The monoisotopic (exact) mass is 374 g/mol. The molecule has 2 heterocycles. The second kappa shape index (κ2) is 11.4. The normalized spacial score (nSPS) is 26.1. The van der Waals surface area contributed by atoms with Crippen LogP contribution in [0.5, 0.6) is 0 Å². The van der Waals surface area contributed by atoms with Crippen LogP contribution in [-0.4, -0.2) is 49.1 Å². The summed E-state index contributed by atoms with van der Waals surface area (Å²) in [5.74, 6) is 2.38. The first kappa shape index (κ1) is 22.7. The molecule has 2 atom stereocenters. The second-order valence-corrected chi connectivity index (χ2v) is 9.45. The molecule has 2 fully saturated rings. The zero-order valence-electron chi connectivity index (χ0n) is 19.2. The first-order valence-electron chi connectivity index (χ1n) is 11.8. The molecule has 0 amide bonds. The van der Waals surface area contributed by atoms with Crippen LogP contribution in [0.25, 0.3) is 0 Å². The lowest BCUT2D eigenvalue weighted by Gasteiger charge is -2.36. The van der Waals surface area contributed by atoms with Crippen LogP contribution in [0.15, 0.2) is 22.8 Å². The second-order valence-electron chi connectivity index (χ2n) is 9.45. The van der Waals surface area contributed by atoms with Gasteiger partial charge in [-0.25, -0.2) is 0 Å². The van der Waals surface area contributed by atoms with Gasteiger partial charge >= 0.3 is 0 Å². The zero-order chi connectivity index (χ0) is 19.8. The van der Waals surface area contributed by atoms with Crippen molar-refractivity contribution in [3.05, 3.63) is 22.8 Å². The first-order valence-corrected chi connectivity index (χ1v) is 11.8. The molecule has 0 aromatic rings. The van der Waals surface area contributed by atoms with Crippen LogP contribution in [-0.2, 0) is 0 Å². The van der Waals surface area contributed by atoms with Crippen LogP contribution >= 0.6 is 0 Å². The standard InChI is InChI=1S/C25H46N2/c1-7-21(4)23(6)18-25(22(5)8-2)24-11-14-26(15-12-24)16-17-27-13-9-10-20(3)19-27/h18,20-21,24H,7-17,19H2,1-6H3/b23-18-,25-22?. The summed E-state index contributed by atoms with van der Waals surface area (Å²) in [6.07, 6.45) is 10.5. The van der Waals surface area contributed by atoms with E-state index in [2.05, 4.69) is 57.4 Å². The van der Waals surface area contributed by atoms with Gasteiger partial charge in [-0.05, 0) is 95.3 Å². The molecule has 2 rings (SSSR count). The van der Waals surface area contributed by atoms with Crippen molar-refractivity contribution in [3.8, 4) is 0 Å². The third kappa shape index (κ3) is 7.06. The van der Waals surface area contributed by atoms with E-state index in [0.717, 1.165) is 11.8 Å². The molecule has 2 heteroatoms. The molecule has 0 bridgehead atoms. The van der Waals surface area contributed by atoms with Gasteiger partial charge in [0.25, 0.3) is 0 Å². The molecule has 2 aliphatic rings. The molecule has 2 aliphatic heterocycles. The zero-order valence-corrected chi connectivity index (χ0v) is 19.2. The summed E-state index contributed by atoms with van der Waals surface area (Å²) >= 11 is 0. The largest absolute Gasteiger partial charge is 0.302 e. The molecule has 0 aliphatic carbocycles. The molecule has 2 unspecified atom stereocenters. The maximum Gasteiger partial charge on any atom is 0.0109 e. The van der Waals surface area contributed by atoms with Gasteiger partial charge in [0.05, 0.1) is 0 Å². The maximum atomic E-state index is 2.72. The molecule has 0 aromatic carbocycles. The van der Waals surface area contributed by atoms with Crippen LogP contribution in [0, 0.1) is 17.8 Å². The van der Waals surface area contributed by atoms with E-state index in [4.69, 9.17) is 0 Å². The number of piperidine rings is 2. The number of likely N-dealkylation sites (tertiary alicyclic amines) is 2. The molecular weight excluding hydrogens is 328 g/mol. The Kier molecular flexibility index (Phi) is 9.59. The van der Waals surface area contributed by atoms with Crippen molar-refractivity contribution >= 4 is 0 Å². The predicted molar refractivity (Wildman–Crippen MR) is 120 cm³/mol. The Morgan fingerprint density at radius 1 is 1.00 bits per heavy atom. The van der Waals surface area contributed by atoms with Gasteiger partial charge in [-0.3, -0.25) is 0 Å². The summed E-state index contributed by atoms with van der Waals surface area (Å²) in [6.45, 7) is 21.9. The van der Waals surface area contributed by atoms with Gasteiger partial charge in [-0.1, -0.05) is 44.9 Å². The number of allylic oxidation sites excluding steroid dienone is 4. The van der Waals surface area contributed by atoms with Crippen molar-refractivity contribution in [2.45, 2.75) is 80.1 Å². The van der Waals surface area contributed by atoms with E-state index in [-0.39, 0.29) is 0 Å². The van der Waals surface area contributed by atoms with E-state index in [1.807, 2.05) is 0 Å². The lowest BCUT2D eigenvalue weighted by Crippen LogP contribution is -2.42. The summed E-state index contributed by atoms with van der Waals surface area (Å²) in [7, 11) is 0. The predicted octanol–water partition coefficient (Wildman–Crippen LogP) is 6.15. The van der Waals surface area contributed by atoms with E-state index < -0.39 is 0 Å². The van der Waals surface area contributed by atoms with Crippen LogP contribution in [0.4, 0.5) is 0 Å². The molecule has 27 heavy (non-hydrogen) atoms. The quantitative estimate of drug-likeness (QED) is 0.470. The van der Waals surface area contributed by atoms with Crippen LogP contribution < -0.4 is 0 Å². The Morgan fingerprint density at radius 2 is 1.67 bits per heavy atom. The number of nitrogens with zero attached hydrogens (tertiary/aromatic N) is 2. The van der Waals surface area contributed by atoms with Crippen molar-refractivity contribution in [3.63, 3.8) is 0 Å². The fourth-order valence-corrected chi connectivity index (χ4v) is 4.74. The van der Waals surface area contributed by atoms with Crippen LogP contribution in [0.2, 0.25) is 0 Å². The van der Waals surface area contributed by atoms with Crippen molar-refractivity contribution in [1.82, 2.24) is 9.80 Å². The van der Waals surface area contributed by atoms with E-state index in [9.17, 15) is 0 Å². The molecule has 0 N–H and O–H groups in total. The first-order chi connectivity index (χ1) is 12.9. The van der Waals surface area contributed by atoms with Crippen molar-refractivity contribution in [2.75, 3.05) is 39.3 Å². The topological polar surface area (TPSA) is 6.48 Å². The van der Waals surface area contributed by atoms with Gasteiger partial charge < -0.3 is 9.80 Å². The summed E-state index contributed by atoms with van der Waals surface area (Å²) < 4.78 is 0. The third-order valence-corrected chi connectivity index (χ3v) is 7.30. The molecule has 0 spiro atoms. The molecule has 0 aromatic heterocycles. The summed E-state index contributed by atoms with van der Waals surface area (Å²) in [4.78, 5) is 5.42. The van der Waals surface area contributed by atoms with Gasteiger partial charge in [-0.2, -0.15) is 0 Å². The summed E-state index contributed by atoms with van der Waals surface area (Å²) in [5, 5.41) is 0. The Labute approximate surface area is 170 Å². The van der Waals surface area contributed by atoms with Gasteiger partial charge in [-0.15, -0.1) is 0 Å². The Bertz CT molecular complexity index is 496. The average molecular weight is 375 g/mol. The molecule has 2 saturated heterocycles. The minimum atomic E-state index is 0.705. The minimum Gasteiger partial charge on any atom is -0.302 e. The van der Waals surface area contributed by atoms with Gasteiger partial charge in [0.1, 0.15) is 0 Å². The Hall–Kier alpha value is -0.600. The van der Waals surface area contributed by atoms with Crippen molar-refractivity contribution in [1.29, 1.82) is 0 Å². The Balaban J connectivity index is 1.88. The highest BCUT2D eigenvalue weighted by molar-refractivity contribution is 5.31. The lowest BCUT2D eigenvalue weighted by atomic mass is 9.83. The minimum absolute atomic E-state index is 0.705. The smallest absolute Gasteiger partial charge is 0.0109 e. The average Bonchev–Trinajstić information content (AvgIpc) is 2.69. The molecule has 0 saturated carbocycles. The number of hydrogen-bond donors (Lipinski definition) is 0. The number of hydrogen-bond acceptors (Lipinski definition) is 2. The van der Waals surface area contributed by atoms with E-state index in [1.165, 1.54) is 77.8 Å². The van der Waals surface area contributed by atoms with Crippen LogP contribution in [0.3, 0.4) is 0 Å². The molecular formula is C25H46N2. The highest BCUT2D eigenvalue weighted by atomic mass is 15.2. The molecule has 156 valence electrons. The van der Waals surface area contributed by atoms with E-state index >= 15 is 0 Å². The van der Waals surface area contributed by atoms with E-state index in [1.54, 1.807) is 16.7 Å². The Morgan fingerprint density at radius 3 is 2.26 bits per heavy atom. The fraction of sp³-hybridized carbons (Fsp3) is 0.840. The van der Waals surface area contributed by atoms with Crippen molar-refractivity contribution in [2.24, 2.45) is 17.8 Å². The third-order valence-electron chi connectivity index (χ3n) is 7.30. The van der Waals surface area contributed by atoms with E-state index in [0.29, 0.717) is 5.92 Å². The van der Waals surface area contributed by atoms with Crippen LogP contribution in [0.1, 0.15) is 80.1 Å². The van der Waals surface area contributed by atoms with Crippen molar-refractivity contribution < 1.29 is 0 Å².